The monoisotopic (exact) mass is 222 g/mol. The van der Waals surface area contributed by atoms with E-state index >= 15 is 0 Å². The molecule has 4 heteroatoms. The summed E-state index contributed by atoms with van der Waals surface area (Å²) < 4.78 is 5.77. The summed E-state index contributed by atoms with van der Waals surface area (Å²) in [4.78, 5) is 8.17. The summed E-state index contributed by atoms with van der Waals surface area (Å²) in [5, 5.41) is 8.84. The van der Waals surface area contributed by atoms with Crippen molar-refractivity contribution in [3.8, 4) is 5.88 Å². The van der Waals surface area contributed by atoms with Gasteiger partial charge < -0.3 is 9.84 Å². The largest absolute Gasteiger partial charge is 0.473 e. The fourth-order valence-electron chi connectivity index (χ4n) is 2.14. The van der Waals surface area contributed by atoms with Gasteiger partial charge in [0.05, 0.1) is 24.7 Å². The molecule has 2 rings (SSSR count). The molecule has 1 aliphatic carbocycles. The Morgan fingerprint density at radius 1 is 1.38 bits per heavy atom. The Bertz CT molecular complexity index is 326. The number of hydrogen-bond donors (Lipinski definition) is 1. The molecule has 0 bridgehead atoms. The van der Waals surface area contributed by atoms with Gasteiger partial charge in [0, 0.05) is 0 Å². The van der Waals surface area contributed by atoms with Crippen LogP contribution in [0.5, 0.6) is 5.88 Å². The summed E-state index contributed by atoms with van der Waals surface area (Å²) in [6.45, 7) is 2.18. The van der Waals surface area contributed by atoms with E-state index in [4.69, 9.17) is 9.84 Å². The van der Waals surface area contributed by atoms with E-state index in [1.807, 2.05) is 0 Å². The summed E-state index contributed by atoms with van der Waals surface area (Å²) in [5.74, 6) is 1.31. The molecule has 1 aromatic rings. The lowest BCUT2D eigenvalue weighted by Gasteiger charge is -2.26. The number of ether oxygens (including phenoxy) is 1. The lowest BCUT2D eigenvalue weighted by molar-refractivity contribution is 0.123. The molecule has 1 heterocycles. The molecule has 16 heavy (non-hydrogen) atoms. The van der Waals surface area contributed by atoms with Crippen molar-refractivity contribution < 1.29 is 9.84 Å². The fraction of sp³-hybridized carbons (Fsp3) is 0.667. The van der Waals surface area contributed by atoms with E-state index in [-0.39, 0.29) is 12.7 Å². The van der Waals surface area contributed by atoms with E-state index in [0.717, 1.165) is 18.8 Å². The molecule has 0 saturated heterocycles. The second-order valence-electron chi connectivity index (χ2n) is 4.52. The molecular formula is C12H18N2O2. The molecule has 0 amide bonds. The van der Waals surface area contributed by atoms with Crippen molar-refractivity contribution in [2.75, 3.05) is 0 Å². The number of aliphatic hydroxyl groups is 1. The van der Waals surface area contributed by atoms with E-state index in [0.29, 0.717) is 11.6 Å². The zero-order valence-electron chi connectivity index (χ0n) is 9.59. The van der Waals surface area contributed by atoms with Crippen molar-refractivity contribution in [1.29, 1.82) is 0 Å². The highest BCUT2D eigenvalue weighted by Crippen LogP contribution is 2.26. The van der Waals surface area contributed by atoms with Gasteiger partial charge in [-0.15, -0.1) is 0 Å². The molecule has 1 saturated carbocycles. The summed E-state index contributed by atoms with van der Waals surface area (Å²) in [6, 6.07) is 0. The molecule has 0 radical (unpaired) electrons. The first-order valence-corrected chi connectivity index (χ1v) is 5.86. The summed E-state index contributed by atoms with van der Waals surface area (Å²) >= 11 is 0. The molecule has 88 valence electrons. The Balaban J connectivity index is 1.92. The van der Waals surface area contributed by atoms with Crippen LogP contribution in [0.1, 0.15) is 38.3 Å². The molecule has 1 fully saturated rings. The van der Waals surface area contributed by atoms with Gasteiger partial charge in [-0.3, -0.25) is 4.98 Å². The van der Waals surface area contributed by atoms with Gasteiger partial charge >= 0.3 is 0 Å². The first-order valence-electron chi connectivity index (χ1n) is 5.86. The van der Waals surface area contributed by atoms with Gasteiger partial charge in [0.25, 0.3) is 0 Å². The van der Waals surface area contributed by atoms with Gasteiger partial charge in [0.2, 0.25) is 5.88 Å². The average Bonchev–Trinajstić information content (AvgIpc) is 2.30. The second-order valence-corrected chi connectivity index (χ2v) is 4.52. The van der Waals surface area contributed by atoms with Gasteiger partial charge in [-0.1, -0.05) is 13.3 Å². The van der Waals surface area contributed by atoms with Crippen LogP contribution in [-0.4, -0.2) is 21.2 Å². The maximum atomic E-state index is 8.84. The maximum Gasteiger partial charge on any atom is 0.232 e. The third-order valence-corrected chi connectivity index (χ3v) is 3.02. The van der Waals surface area contributed by atoms with E-state index < -0.39 is 0 Å². The molecule has 0 aliphatic heterocycles. The Labute approximate surface area is 95.7 Å². The highest BCUT2D eigenvalue weighted by molar-refractivity contribution is 5.07. The summed E-state index contributed by atoms with van der Waals surface area (Å²) in [5.41, 5.74) is 0.573. The van der Waals surface area contributed by atoms with Gasteiger partial charge in [-0.05, 0) is 25.2 Å². The first-order chi connectivity index (χ1) is 7.78. The Morgan fingerprint density at radius 2 is 2.25 bits per heavy atom. The molecular weight excluding hydrogens is 204 g/mol. The van der Waals surface area contributed by atoms with Crippen LogP contribution in [0.3, 0.4) is 0 Å². The molecule has 2 unspecified atom stereocenters. The molecule has 1 N–H and O–H groups in total. The smallest absolute Gasteiger partial charge is 0.232 e. The average molecular weight is 222 g/mol. The SMILES string of the molecule is CC1CCCC(Oc2cnc(CO)cn2)C1. The number of rotatable bonds is 3. The lowest BCUT2D eigenvalue weighted by Crippen LogP contribution is -2.24. The van der Waals surface area contributed by atoms with Gasteiger partial charge in [0.1, 0.15) is 6.10 Å². The standard InChI is InChI=1S/C12H18N2O2/c1-9-3-2-4-11(5-9)16-12-7-13-10(8-15)6-14-12/h6-7,9,11,15H,2-5,8H2,1H3. The van der Waals surface area contributed by atoms with Crippen LogP contribution in [0.15, 0.2) is 12.4 Å². The predicted molar refractivity (Wildman–Crippen MR) is 60.0 cm³/mol. The van der Waals surface area contributed by atoms with E-state index in [9.17, 15) is 0 Å². The van der Waals surface area contributed by atoms with Crippen molar-refractivity contribution in [1.82, 2.24) is 9.97 Å². The van der Waals surface area contributed by atoms with Gasteiger partial charge in [-0.25, -0.2) is 4.98 Å². The Morgan fingerprint density at radius 3 is 2.88 bits per heavy atom. The molecule has 2 atom stereocenters. The van der Waals surface area contributed by atoms with Crippen LogP contribution in [0.4, 0.5) is 0 Å². The molecule has 0 aromatic carbocycles. The minimum absolute atomic E-state index is 0.0757. The molecule has 1 aliphatic rings. The van der Waals surface area contributed by atoms with Crippen molar-refractivity contribution >= 4 is 0 Å². The normalized spacial score (nSPS) is 25.4. The maximum absolute atomic E-state index is 8.84. The minimum Gasteiger partial charge on any atom is -0.473 e. The quantitative estimate of drug-likeness (QED) is 0.849. The van der Waals surface area contributed by atoms with Crippen LogP contribution in [0, 0.1) is 5.92 Å². The van der Waals surface area contributed by atoms with Crippen LogP contribution >= 0.6 is 0 Å². The first kappa shape index (κ1) is 11.3. The van der Waals surface area contributed by atoms with E-state index in [1.54, 1.807) is 12.4 Å². The van der Waals surface area contributed by atoms with Crippen LogP contribution < -0.4 is 4.74 Å². The number of aromatic nitrogens is 2. The highest BCUT2D eigenvalue weighted by atomic mass is 16.5. The van der Waals surface area contributed by atoms with E-state index in [2.05, 4.69) is 16.9 Å². The third-order valence-electron chi connectivity index (χ3n) is 3.02. The van der Waals surface area contributed by atoms with Crippen molar-refractivity contribution in [2.24, 2.45) is 5.92 Å². The number of hydrogen-bond acceptors (Lipinski definition) is 4. The van der Waals surface area contributed by atoms with Crippen LogP contribution in [-0.2, 0) is 6.61 Å². The van der Waals surface area contributed by atoms with Crippen LogP contribution in [0.25, 0.3) is 0 Å². The number of aliphatic hydroxyl groups excluding tert-OH is 1. The van der Waals surface area contributed by atoms with Gasteiger partial charge in [-0.2, -0.15) is 0 Å². The highest BCUT2D eigenvalue weighted by Gasteiger charge is 2.20. The van der Waals surface area contributed by atoms with Crippen molar-refractivity contribution in [2.45, 2.75) is 45.3 Å². The topological polar surface area (TPSA) is 55.2 Å². The summed E-state index contributed by atoms with van der Waals surface area (Å²) in [6.07, 6.45) is 8.16. The zero-order valence-corrected chi connectivity index (χ0v) is 9.59. The van der Waals surface area contributed by atoms with Crippen molar-refractivity contribution in [3.63, 3.8) is 0 Å². The third kappa shape index (κ3) is 2.92. The summed E-state index contributed by atoms with van der Waals surface area (Å²) in [7, 11) is 0. The van der Waals surface area contributed by atoms with Gasteiger partial charge in [0.15, 0.2) is 0 Å². The Kier molecular flexibility index (Phi) is 3.72. The minimum atomic E-state index is -0.0757. The molecule has 4 nitrogen and oxygen atoms in total. The van der Waals surface area contributed by atoms with Crippen molar-refractivity contribution in [3.05, 3.63) is 18.1 Å². The fourth-order valence-corrected chi connectivity index (χ4v) is 2.14. The lowest BCUT2D eigenvalue weighted by atomic mass is 9.89. The molecule has 0 spiro atoms. The zero-order chi connectivity index (χ0) is 11.4. The second kappa shape index (κ2) is 5.25. The van der Waals surface area contributed by atoms with Crippen LogP contribution in [0.2, 0.25) is 0 Å². The Hall–Kier alpha value is -1.16. The molecule has 1 aromatic heterocycles. The predicted octanol–water partition coefficient (Wildman–Crippen LogP) is 1.93. The van der Waals surface area contributed by atoms with E-state index in [1.165, 1.54) is 12.8 Å². The number of nitrogens with zero attached hydrogens (tertiary/aromatic N) is 2.